The molecule has 0 aliphatic rings. The van der Waals surface area contributed by atoms with Crippen LogP contribution in [0.2, 0.25) is 5.15 Å². The normalized spacial score (nSPS) is 11.0. The largest absolute Gasteiger partial charge is 0.479 e. The zero-order chi connectivity index (χ0) is 14.4. The summed E-state index contributed by atoms with van der Waals surface area (Å²) < 4.78 is 4.91. The number of carbonyl (C=O) groups is 1. The van der Waals surface area contributed by atoms with Crippen molar-refractivity contribution in [1.82, 2.24) is 9.99 Å². The molecule has 0 amide bonds. The molecular formula is C12H14ClN3O3. The Kier molecular flexibility index (Phi) is 5.32. The van der Waals surface area contributed by atoms with Crippen molar-refractivity contribution < 1.29 is 14.6 Å². The second-order valence-corrected chi connectivity index (χ2v) is 4.03. The predicted molar refractivity (Wildman–Crippen MR) is 72.7 cm³/mol. The number of hydrazone groups is 1. The fraction of sp³-hybridized carbons (Fsp3) is 0.250. The lowest BCUT2D eigenvalue weighted by atomic mass is 10.2. The van der Waals surface area contributed by atoms with Gasteiger partial charge >= 0.3 is 5.97 Å². The Morgan fingerprint density at radius 3 is 2.95 bits per heavy atom. The van der Waals surface area contributed by atoms with Crippen molar-refractivity contribution in [1.29, 1.82) is 0 Å². The molecule has 6 nitrogen and oxygen atoms in total. The quantitative estimate of drug-likeness (QED) is 0.387. The van der Waals surface area contributed by atoms with E-state index in [4.69, 9.17) is 21.4 Å². The number of aliphatic carboxylic acids is 1. The maximum absolute atomic E-state index is 10.3. The van der Waals surface area contributed by atoms with Gasteiger partial charge < -0.3 is 9.84 Å². The first-order valence-electron chi connectivity index (χ1n) is 5.34. The van der Waals surface area contributed by atoms with E-state index in [2.05, 4.69) is 16.7 Å². The highest BCUT2D eigenvalue weighted by molar-refractivity contribution is 6.29. The first-order chi connectivity index (χ1) is 8.90. The maximum Gasteiger partial charge on any atom is 0.341 e. The van der Waals surface area contributed by atoms with E-state index in [9.17, 15) is 4.79 Å². The third kappa shape index (κ3) is 4.97. The number of ether oxygens (including phenoxy) is 1. The Hall–Kier alpha value is -2.08. The summed E-state index contributed by atoms with van der Waals surface area (Å²) in [6.45, 7) is 5.00. The molecule has 1 aromatic rings. The molecule has 7 heteroatoms. The van der Waals surface area contributed by atoms with Gasteiger partial charge in [-0.2, -0.15) is 0 Å². The zero-order valence-corrected chi connectivity index (χ0v) is 11.4. The van der Waals surface area contributed by atoms with Gasteiger partial charge in [0.15, 0.2) is 6.61 Å². The Bertz CT molecular complexity index is 517. The molecule has 19 heavy (non-hydrogen) atoms. The van der Waals surface area contributed by atoms with Crippen LogP contribution in [0, 0.1) is 0 Å². The van der Waals surface area contributed by atoms with Crippen molar-refractivity contribution in [3.05, 3.63) is 35.6 Å². The molecule has 1 heterocycles. The van der Waals surface area contributed by atoms with Crippen molar-refractivity contribution in [3.8, 4) is 0 Å². The van der Waals surface area contributed by atoms with Crippen LogP contribution in [0.3, 0.4) is 0 Å². The lowest BCUT2D eigenvalue weighted by Gasteiger charge is -2.17. The van der Waals surface area contributed by atoms with Crippen molar-refractivity contribution in [2.75, 3.05) is 13.7 Å². The molecule has 0 aliphatic heterocycles. The fourth-order valence-electron chi connectivity index (χ4n) is 1.24. The molecule has 0 fully saturated rings. The SMILES string of the molecule is C=C(c1ccnc(Cl)c1)N(C)/N=C(\C)OCC(=O)O. The summed E-state index contributed by atoms with van der Waals surface area (Å²) in [4.78, 5) is 14.2. The number of carboxylic acids is 1. The minimum Gasteiger partial charge on any atom is -0.479 e. The standard InChI is InChI=1S/C12H14ClN3O3/c1-8(10-4-5-14-11(13)6-10)16(3)15-9(2)19-7-12(17)18/h4-6H,1,7H2,2-3H3,(H,17,18)/b15-9+. The van der Waals surface area contributed by atoms with Crippen LogP contribution in [0.25, 0.3) is 5.70 Å². The summed E-state index contributed by atoms with van der Waals surface area (Å²) in [5.41, 5.74) is 1.35. The van der Waals surface area contributed by atoms with Crippen LogP contribution >= 0.6 is 11.6 Å². The molecule has 1 aromatic heterocycles. The van der Waals surface area contributed by atoms with Crippen LogP contribution in [-0.2, 0) is 9.53 Å². The maximum atomic E-state index is 10.3. The highest BCUT2D eigenvalue weighted by atomic mass is 35.5. The van der Waals surface area contributed by atoms with Crippen LogP contribution in [0.1, 0.15) is 12.5 Å². The van der Waals surface area contributed by atoms with E-state index in [1.54, 1.807) is 32.3 Å². The van der Waals surface area contributed by atoms with Gasteiger partial charge in [0.05, 0.1) is 5.70 Å². The molecule has 0 saturated heterocycles. The van der Waals surface area contributed by atoms with Gasteiger partial charge in [-0.1, -0.05) is 18.2 Å². The summed E-state index contributed by atoms with van der Waals surface area (Å²) in [6.07, 6.45) is 1.56. The highest BCUT2D eigenvalue weighted by Crippen LogP contribution is 2.18. The number of carboxylic acid groups (broad SMARTS) is 1. The number of aromatic nitrogens is 1. The highest BCUT2D eigenvalue weighted by Gasteiger charge is 2.06. The number of rotatable bonds is 5. The average molecular weight is 284 g/mol. The summed E-state index contributed by atoms with van der Waals surface area (Å²) in [5.74, 6) is -0.830. The van der Waals surface area contributed by atoms with E-state index in [1.165, 1.54) is 5.01 Å². The number of hydrogen-bond acceptors (Lipinski definition) is 5. The number of hydrogen-bond donors (Lipinski definition) is 1. The van der Waals surface area contributed by atoms with Crippen molar-refractivity contribution in [2.24, 2.45) is 5.10 Å². The van der Waals surface area contributed by atoms with Crippen molar-refractivity contribution in [3.63, 3.8) is 0 Å². The summed E-state index contributed by atoms with van der Waals surface area (Å²) >= 11 is 5.79. The van der Waals surface area contributed by atoms with Gasteiger partial charge in [0, 0.05) is 25.7 Å². The van der Waals surface area contributed by atoms with Crippen LogP contribution in [0.4, 0.5) is 0 Å². The van der Waals surface area contributed by atoms with Gasteiger partial charge in [-0.15, -0.1) is 5.10 Å². The Morgan fingerprint density at radius 2 is 2.37 bits per heavy atom. The monoisotopic (exact) mass is 283 g/mol. The molecule has 0 bridgehead atoms. The molecule has 0 unspecified atom stereocenters. The molecule has 1 rings (SSSR count). The Balaban J connectivity index is 2.72. The Morgan fingerprint density at radius 1 is 1.68 bits per heavy atom. The summed E-state index contributed by atoms with van der Waals surface area (Å²) in [5, 5.41) is 14.4. The molecule has 1 N–H and O–H groups in total. The average Bonchev–Trinajstić information content (AvgIpc) is 2.35. The zero-order valence-electron chi connectivity index (χ0n) is 10.6. The molecule has 0 radical (unpaired) electrons. The smallest absolute Gasteiger partial charge is 0.341 e. The van der Waals surface area contributed by atoms with E-state index >= 15 is 0 Å². The van der Waals surface area contributed by atoms with Crippen LogP contribution in [-0.4, -0.2) is 40.6 Å². The lowest BCUT2D eigenvalue weighted by Crippen LogP contribution is -2.16. The second kappa shape index (κ2) is 6.75. The molecule has 0 saturated carbocycles. The van der Waals surface area contributed by atoms with Crippen LogP contribution < -0.4 is 0 Å². The summed E-state index contributed by atoms with van der Waals surface area (Å²) in [7, 11) is 1.67. The minimum absolute atomic E-state index is 0.228. The van der Waals surface area contributed by atoms with E-state index in [0.29, 0.717) is 10.9 Å². The third-order valence-corrected chi connectivity index (χ3v) is 2.35. The summed E-state index contributed by atoms with van der Waals surface area (Å²) in [6, 6.07) is 3.40. The molecule has 0 atom stereocenters. The van der Waals surface area contributed by atoms with Gasteiger partial charge in [0.25, 0.3) is 0 Å². The topological polar surface area (TPSA) is 75.0 Å². The fourth-order valence-corrected chi connectivity index (χ4v) is 1.41. The second-order valence-electron chi connectivity index (χ2n) is 3.64. The molecule has 0 spiro atoms. The lowest BCUT2D eigenvalue weighted by molar-refractivity contribution is -0.139. The first kappa shape index (κ1) is 15.0. The first-order valence-corrected chi connectivity index (χ1v) is 5.72. The van der Waals surface area contributed by atoms with Crippen LogP contribution in [0.15, 0.2) is 30.0 Å². The number of halogens is 1. The number of pyridine rings is 1. The van der Waals surface area contributed by atoms with Gasteiger partial charge in [-0.05, 0) is 12.1 Å². The van der Waals surface area contributed by atoms with E-state index in [-0.39, 0.29) is 5.90 Å². The number of nitrogens with zero attached hydrogens (tertiary/aromatic N) is 3. The van der Waals surface area contributed by atoms with E-state index in [1.807, 2.05) is 0 Å². The minimum atomic E-state index is -1.06. The molecule has 0 aromatic carbocycles. The van der Waals surface area contributed by atoms with Gasteiger partial charge in [0.1, 0.15) is 5.15 Å². The van der Waals surface area contributed by atoms with Gasteiger partial charge in [-0.3, -0.25) is 5.01 Å². The molecule has 102 valence electrons. The van der Waals surface area contributed by atoms with E-state index in [0.717, 1.165) is 5.56 Å². The Labute approximate surface area is 116 Å². The predicted octanol–water partition coefficient (Wildman–Crippen LogP) is 2.07. The van der Waals surface area contributed by atoms with Crippen molar-refractivity contribution >= 4 is 29.2 Å². The third-order valence-electron chi connectivity index (χ3n) is 2.15. The van der Waals surface area contributed by atoms with Crippen LogP contribution in [0.5, 0.6) is 0 Å². The van der Waals surface area contributed by atoms with Crippen molar-refractivity contribution in [2.45, 2.75) is 6.92 Å². The molecular weight excluding hydrogens is 270 g/mol. The van der Waals surface area contributed by atoms with E-state index < -0.39 is 12.6 Å². The van der Waals surface area contributed by atoms with Gasteiger partial charge in [0.2, 0.25) is 5.90 Å². The molecule has 0 aliphatic carbocycles. The van der Waals surface area contributed by atoms with Gasteiger partial charge in [-0.25, -0.2) is 9.78 Å².